The number of ether oxygens (including phenoxy) is 1. The van der Waals surface area contributed by atoms with Crippen LogP contribution >= 0.6 is 35.0 Å². The average molecular weight is 417 g/mol. The summed E-state index contributed by atoms with van der Waals surface area (Å²) in [5.41, 5.74) is 0.0526. The molecule has 1 aliphatic rings. The fraction of sp³-hybridized carbons (Fsp3) is 0.438. The highest BCUT2D eigenvalue weighted by atomic mass is 35.5. The van der Waals surface area contributed by atoms with E-state index < -0.39 is 5.25 Å². The number of hydrogen-bond donors (Lipinski definition) is 2. The van der Waals surface area contributed by atoms with E-state index in [2.05, 4.69) is 15.5 Å². The molecule has 0 bridgehead atoms. The second-order valence-electron chi connectivity index (χ2n) is 5.90. The molecule has 2 N–H and O–H groups in total. The van der Waals surface area contributed by atoms with Crippen molar-refractivity contribution >= 4 is 46.6 Å². The van der Waals surface area contributed by atoms with E-state index >= 15 is 0 Å². The van der Waals surface area contributed by atoms with Gasteiger partial charge in [-0.25, -0.2) is 9.89 Å². The minimum atomic E-state index is -0.513. The molecule has 140 valence electrons. The molecular weight excluding hydrogens is 399 g/mol. The molecule has 1 amide bonds. The first-order chi connectivity index (χ1) is 12.5. The van der Waals surface area contributed by atoms with Crippen molar-refractivity contribution in [3.05, 3.63) is 38.7 Å². The second-order valence-corrected chi connectivity index (χ2v) is 8.03. The Morgan fingerprint density at radius 1 is 1.50 bits per heavy atom. The van der Waals surface area contributed by atoms with Gasteiger partial charge in [-0.15, -0.1) is 5.10 Å². The molecule has 0 saturated carbocycles. The zero-order valence-corrected chi connectivity index (χ0v) is 16.3. The van der Waals surface area contributed by atoms with Gasteiger partial charge in [-0.1, -0.05) is 41.0 Å². The summed E-state index contributed by atoms with van der Waals surface area (Å²) in [7, 11) is 0. The molecule has 2 atom stereocenters. The van der Waals surface area contributed by atoms with Crippen LogP contribution in [-0.4, -0.2) is 38.6 Å². The average Bonchev–Trinajstić information content (AvgIpc) is 3.23. The molecule has 3 rings (SSSR count). The maximum atomic E-state index is 12.5. The molecule has 0 unspecified atom stereocenters. The van der Waals surface area contributed by atoms with Gasteiger partial charge in [-0.3, -0.25) is 9.36 Å². The number of halogens is 2. The van der Waals surface area contributed by atoms with Crippen molar-refractivity contribution in [1.29, 1.82) is 0 Å². The molecule has 0 aliphatic carbocycles. The lowest BCUT2D eigenvalue weighted by molar-refractivity contribution is -0.115. The number of H-pyrrole nitrogens is 1. The predicted octanol–water partition coefficient (Wildman–Crippen LogP) is 3.18. The number of para-hydroxylation sites is 1. The Hall–Kier alpha value is -1.48. The van der Waals surface area contributed by atoms with Crippen LogP contribution < -0.4 is 11.0 Å². The van der Waals surface area contributed by atoms with E-state index in [4.69, 9.17) is 27.9 Å². The van der Waals surface area contributed by atoms with Gasteiger partial charge < -0.3 is 10.1 Å². The number of benzene rings is 1. The molecule has 1 aromatic heterocycles. The normalized spacial score (nSPS) is 18.0. The lowest BCUT2D eigenvalue weighted by atomic mass is 10.2. The lowest BCUT2D eigenvalue weighted by Crippen LogP contribution is -2.27. The van der Waals surface area contributed by atoms with Crippen LogP contribution in [0, 0.1) is 0 Å². The zero-order valence-electron chi connectivity index (χ0n) is 14.0. The van der Waals surface area contributed by atoms with Gasteiger partial charge in [0.05, 0.1) is 33.6 Å². The number of aromatic amines is 1. The van der Waals surface area contributed by atoms with E-state index in [1.165, 1.54) is 16.3 Å². The molecule has 2 heterocycles. The van der Waals surface area contributed by atoms with Crippen LogP contribution in [0.15, 0.2) is 28.2 Å². The van der Waals surface area contributed by atoms with Gasteiger partial charge in [0.25, 0.3) is 0 Å². The molecular formula is C16H18Cl2N4O3S. The Labute approximate surface area is 164 Å². The van der Waals surface area contributed by atoms with E-state index in [-0.39, 0.29) is 17.7 Å². The Bertz CT molecular complexity index is 828. The number of amides is 1. The third-order valence-corrected chi connectivity index (χ3v) is 5.72. The number of aromatic nitrogens is 3. The number of thioether (sulfide) groups is 1. The second kappa shape index (κ2) is 8.47. The highest BCUT2D eigenvalue weighted by Crippen LogP contribution is 2.31. The maximum Gasteiger partial charge on any atom is 0.344 e. The topological polar surface area (TPSA) is 89.0 Å². The molecule has 0 spiro atoms. The van der Waals surface area contributed by atoms with Crippen molar-refractivity contribution in [2.24, 2.45) is 0 Å². The zero-order chi connectivity index (χ0) is 18.7. The summed E-state index contributed by atoms with van der Waals surface area (Å²) in [6.07, 6.45) is 1.88. The fourth-order valence-electron chi connectivity index (χ4n) is 2.60. The first kappa shape index (κ1) is 19.3. The summed E-state index contributed by atoms with van der Waals surface area (Å²) in [6, 6.07) is 4.99. The summed E-state index contributed by atoms with van der Waals surface area (Å²) in [5.74, 6) is -0.288. The van der Waals surface area contributed by atoms with Gasteiger partial charge in [0, 0.05) is 6.61 Å². The quantitative estimate of drug-likeness (QED) is 0.705. The third-order valence-electron chi connectivity index (χ3n) is 4.00. The Morgan fingerprint density at radius 2 is 2.23 bits per heavy atom. The summed E-state index contributed by atoms with van der Waals surface area (Å²) in [6.45, 7) is 2.85. The van der Waals surface area contributed by atoms with Crippen LogP contribution in [0.1, 0.15) is 19.8 Å². The van der Waals surface area contributed by atoms with Crippen LogP contribution in [0.3, 0.4) is 0 Å². The molecule has 0 radical (unpaired) electrons. The van der Waals surface area contributed by atoms with E-state index in [1.54, 1.807) is 25.1 Å². The molecule has 26 heavy (non-hydrogen) atoms. The molecule has 10 heteroatoms. The highest BCUT2D eigenvalue weighted by molar-refractivity contribution is 8.00. The molecule has 1 aromatic carbocycles. The molecule has 7 nitrogen and oxygen atoms in total. The van der Waals surface area contributed by atoms with Crippen LogP contribution in [0.5, 0.6) is 0 Å². The number of nitrogens with zero attached hydrogens (tertiary/aromatic N) is 2. The first-order valence-corrected chi connectivity index (χ1v) is 9.77. The van der Waals surface area contributed by atoms with Crippen molar-refractivity contribution in [3.8, 4) is 0 Å². The lowest BCUT2D eigenvalue weighted by Gasteiger charge is -2.15. The van der Waals surface area contributed by atoms with Gasteiger partial charge >= 0.3 is 5.69 Å². The predicted molar refractivity (Wildman–Crippen MR) is 102 cm³/mol. The van der Waals surface area contributed by atoms with E-state index in [1.807, 2.05) is 0 Å². The van der Waals surface area contributed by atoms with Crippen molar-refractivity contribution in [2.75, 3.05) is 11.9 Å². The SMILES string of the molecule is C[C@@H](Sc1n[nH]c(=O)n1C[C@@H]1CCCO1)C(=O)Nc1c(Cl)cccc1Cl. The summed E-state index contributed by atoms with van der Waals surface area (Å²) in [5, 5.41) is 9.83. The van der Waals surface area contributed by atoms with E-state index in [0.717, 1.165) is 12.8 Å². The number of hydrogen-bond acceptors (Lipinski definition) is 5. The van der Waals surface area contributed by atoms with E-state index in [9.17, 15) is 9.59 Å². The largest absolute Gasteiger partial charge is 0.376 e. The summed E-state index contributed by atoms with van der Waals surface area (Å²) in [4.78, 5) is 24.5. The number of nitrogens with one attached hydrogen (secondary N) is 2. The Morgan fingerprint density at radius 3 is 2.88 bits per heavy atom. The number of carbonyl (C=O) groups is 1. The van der Waals surface area contributed by atoms with Crippen molar-refractivity contribution in [1.82, 2.24) is 14.8 Å². The molecule has 2 aromatic rings. The Balaban J connectivity index is 1.68. The number of carbonyl (C=O) groups excluding carboxylic acids is 1. The molecule has 1 saturated heterocycles. The molecule has 1 aliphatic heterocycles. The smallest absolute Gasteiger partial charge is 0.344 e. The van der Waals surface area contributed by atoms with Crippen LogP contribution in [0.4, 0.5) is 5.69 Å². The van der Waals surface area contributed by atoms with Crippen LogP contribution in [-0.2, 0) is 16.1 Å². The van der Waals surface area contributed by atoms with Gasteiger partial charge in [-0.05, 0) is 31.9 Å². The standard InChI is InChI=1S/C16H18Cl2N4O3S/c1-9(14(23)19-13-11(17)5-2-6-12(13)18)26-16-21-20-15(24)22(16)8-10-4-3-7-25-10/h2,5-6,9-10H,3-4,7-8H2,1H3,(H,19,23)(H,20,24)/t9-,10+/m1/s1. The van der Waals surface area contributed by atoms with Crippen LogP contribution in [0.2, 0.25) is 10.0 Å². The Kier molecular flexibility index (Phi) is 6.29. The fourth-order valence-corrected chi connectivity index (χ4v) is 3.96. The van der Waals surface area contributed by atoms with Crippen molar-refractivity contribution in [3.63, 3.8) is 0 Å². The third kappa shape index (κ3) is 4.43. The van der Waals surface area contributed by atoms with Gasteiger partial charge in [0.15, 0.2) is 5.16 Å². The monoisotopic (exact) mass is 416 g/mol. The summed E-state index contributed by atoms with van der Waals surface area (Å²) >= 11 is 13.3. The van der Waals surface area contributed by atoms with Crippen LogP contribution in [0.25, 0.3) is 0 Å². The van der Waals surface area contributed by atoms with Gasteiger partial charge in [0.2, 0.25) is 5.91 Å². The first-order valence-electron chi connectivity index (χ1n) is 8.14. The van der Waals surface area contributed by atoms with Crippen molar-refractivity contribution < 1.29 is 9.53 Å². The number of anilines is 1. The molecule has 1 fully saturated rings. The minimum Gasteiger partial charge on any atom is -0.376 e. The highest BCUT2D eigenvalue weighted by Gasteiger charge is 2.23. The van der Waals surface area contributed by atoms with Gasteiger partial charge in [0.1, 0.15) is 0 Å². The van der Waals surface area contributed by atoms with Gasteiger partial charge in [-0.2, -0.15) is 0 Å². The van der Waals surface area contributed by atoms with Crippen molar-refractivity contribution in [2.45, 2.75) is 42.8 Å². The summed E-state index contributed by atoms with van der Waals surface area (Å²) < 4.78 is 7.08. The van der Waals surface area contributed by atoms with E-state index in [0.29, 0.717) is 34.0 Å². The minimum absolute atomic E-state index is 0.00397. The maximum absolute atomic E-state index is 12.5. The number of rotatable bonds is 6.